The fourth-order valence-electron chi connectivity index (χ4n) is 3.99. The molecule has 3 aromatic carbocycles. The number of nitrogens with zero attached hydrogens (tertiary/aromatic N) is 3. The number of nitrogens with one attached hydrogen (secondary N) is 1. The minimum Gasteiger partial charge on any atom is -0.478 e. The van der Waals surface area contributed by atoms with Crippen molar-refractivity contribution in [1.29, 1.82) is 0 Å². The van der Waals surface area contributed by atoms with Gasteiger partial charge < -0.3 is 20.1 Å². The summed E-state index contributed by atoms with van der Waals surface area (Å²) in [4.78, 5) is 44.9. The zero-order chi connectivity index (χ0) is 23.8. The number of hydrogen-bond donors (Lipinski definition) is 3. The van der Waals surface area contributed by atoms with Gasteiger partial charge in [0.05, 0.1) is 27.7 Å². The number of carboxylic acid groups (broad SMARTS) is 2. The van der Waals surface area contributed by atoms with Gasteiger partial charge in [-0.05, 0) is 36.4 Å². The van der Waals surface area contributed by atoms with Crippen molar-refractivity contribution in [3.8, 4) is 0 Å². The van der Waals surface area contributed by atoms with Crippen molar-refractivity contribution in [1.82, 2.24) is 14.5 Å². The number of anilines is 1. The number of carbonyl (C=O) groups is 3. The predicted molar refractivity (Wildman–Crippen MR) is 126 cm³/mol. The lowest BCUT2D eigenvalue weighted by Gasteiger charge is -2.10. The van der Waals surface area contributed by atoms with Gasteiger partial charge in [-0.1, -0.05) is 30.3 Å². The average molecular weight is 454 g/mol. The maximum Gasteiger partial charge on any atom is 0.335 e. The SMILES string of the molecule is O=C(CCn1c2ccccc2c2nc3ccccc3nc21)Nc1cc(C(=O)O)cc(C(=O)O)c1. The van der Waals surface area contributed by atoms with Crippen LogP contribution in [0.1, 0.15) is 27.1 Å². The first kappa shape index (κ1) is 21.1. The zero-order valence-corrected chi connectivity index (χ0v) is 17.7. The van der Waals surface area contributed by atoms with Gasteiger partial charge in [-0.3, -0.25) is 4.79 Å². The van der Waals surface area contributed by atoms with E-state index >= 15 is 0 Å². The molecule has 5 rings (SSSR count). The number of rotatable bonds is 6. The van der Waals surface area contributed by atoms with Gasteiger partial charge in [0.15, 0.2) is 5.65 Å². The van der Waals surface area contributed by atoms with E-state index in [0.717, 1.165) is 33.5 Å². The summed E-state index contributed by atoms with van der Waals surface area (Å²) in [6, 6.07) is 18.8. The standard InChI is InChI=1S/C25H18N4O5/c30-21(26-16-12-14(24(31)32)11-15(13-16)25(33)34)9-10-29-20-8-4-1-5-17(20)22-23(29)28-19-7-3-2-6-18(19)27-22/h1-8,11-13H,9-10H2,(H,26,30)(H,31,32)(H,33,34). The number of benzene rings is 3. The lowest BCUT2D eigenvalue weighted by atomic mass is 10.1. The molecule has 3 N–H and O–H groups in total. The molecule has 0 atom stereocenters. The highest BCUT2D eigenvalue weighted by Gasteiger charge is 2.16. The van der Waals surface area contributed by atoms with E-state index in [1.807, 2.05) is 53.1 Å². The molecule has 5 aromatic rings. The molecule has 0 aliphatic rings. The Labute approximate surface area is 192 Å². The van der Waals surface area contributed by atoms with E-state index in [9.17, 15) is 24.6 Å². The van der Waals surface area contributed by atoms with Crippen LogP contribution >= 0.6 is 0 Å². The Bertz CT molecular complexity index is 1590. The minimum absolute atomic E-state index is 0.0575. The largest absolute Gasteiger partial charge is 0.478 e. The molecule has 9 heteroatoms. The molecule has 0 aliphatic carbocycles. The van der Waals surface area contributed by atoms with Crippen molar-refractivity contribution in [3.05, 3.63) is 77.9 Å². The summed E-state index contributed by atoms with van der Waals surface area (Å²) in [7, 11) is 0. The normalized spacial score (nSPS) is 11.2. The van der Waals surface area contributed by atoms with Crippen molar-refractivity contribution in [2.75, 3.05) is 5.32 Å². The number of para-hydroxylation sites is 3. The van der Waals surface area contributed by atoms with Gasteiger partial charge in [0, 0.05) is 24.0 Å². The first-order chi connectivity index (χ1) is 16.4. The second-order valence-electron chi connectivity index (χ2n) is 7.76. The molecule has 9 nitrogen and oxygen atoms in total. The van der Waals surface area contributed by atoms with Crippen molar-refractivity contribution in [2.45, 2.75) is 13.0 Å². The number of carbonyl (C=O) groups excluding carboxylic acids is 1. The molecule has 34 heavy (non-hydrogen) atoms. The molecule has 0 fully saturated rings. The Morgan fingerprint density at radius 2 is 1.44 bits per heavy atom. The van der Waals surface area contributed by atoms with Crippen LogP contribution in [-0.2, 0) is 11.3 Å². The lowest BCUT2D eigenvalue weighted by Crippen LogP contribution is -2.16. The zero-order valence-electron chi connectivity index (χ0n) is 17.7. The van der Waals surface area contributed by atoms with Crippen LogP contribution in [0.2, 0.25) is 0 Å². The number of hydrogen-bond acceptors (Lipinski definition) is 5. The third-order valence-electron chi connectivity index (χ3n) is 5.53. The van der Waals surface area contributed by atoms with Gasteiger partial charge in [-0.15, -0.1) is 0 Å². The predicted octanol–water partition coefficient (Wildman–Crippen LogP) is 4.16. The Kier molecular flexibility index (Phi) is 5.14. The molecule has 0 unspecified atom stereocenters. The smallest absolute Gasteiger partial charge is 0.335 e. The van der Waals surface area contributed by atoms with Gasteiger partial charge in [-0.2, -0.15) is 0 Å². The number of aryl methyl sites for hydroxylation is 1. The van der Waals surface area contributed by atoms with E-state index in [1.54, 1.807) is 0 Å². The number of amides is 1. The molecular weight excluding hydrogens is 436 g/mol. The number of carboxylic acids is 2. The molecule has 168 valence electrons. The van der Waals surface area contributed by atoms with E-state index in [1.165, 1.54) is 12.1 Å². The number of fused-ring (bicyclic) bond motifs is 4. The molecular formula is C25H18N4O5. The summed E-state index contributed by atoms with van der Waals surface area (Å²) >= 11 is 0. The lowest BCUT2D eigenvalue weighted by molar-refractivity contribution is -0.116. The molecule has 0 saturated heterocycles. The van der Waals surface area contributed by atoms with E-state index in [0.29, 0.717) is 12.2 Å². The molecule has 2 heterocycles. The van der Waals surface area contributed by atoms with Crippen molar-refractivity contribution in [2.24, 2.45) is 0 Å². The van der Waals surface area contributed by atoms with Crippen LogP contribution in [0.5, 0.6) is 0 Å². The van der Waals surface area contributed by atoms with E-state index in [4.69, 9.17) is 9.97 Å². The van der Waals surface area contributed by atoms with E-state index in [-0.39, 0.29) is 23.2 Å². The fraction of sp³-hybridized carbons (Fsp3) is 0.0800. The molecule has 0 radical (unpaired) electrons. The highest BCUT2D eigenvalue weighted by atomic mass is 16.4. The maximum atomic E-state index is 12.7. The molecule has 0 aliphatic heterocycles. The third-order valence-corrected chi connectivity index (χ3v) is 5.53. The maximum absolute atomic E-state index is 12.7. The topological polar surface area (TPSA) is 134 Å². The Hall–Kier alpha value is -4.79. The Morgan fingerprint density at radius 1 is 0.824 bits per heavy atom. The summed E-state index contributed by atoms with van der Waals surface area (Å²) in [5, 5.41) is 22.0. The minimum atomic E-state index is -1.28. The van der Waals surface area contributed by atoms with Gasteiger partial charge >= 0.3 is 11.9 Å². The quantitative estimate of drug-likeness (QED) is 0.351. The first-order valence-corrected chi connectivity index (χ1v) is 10.5. The summed E-state index contributed by atoms with van der Waals surface area (Å²) in [5.41, 5.74) is 3.48. The Morgan fingerprint density at radius 3 is 2.12 bits per heavy atom. The van der Waals surface area contributed by atoms with Crippen molar-refractivity contribution >= 4 is 56.6 Å². The Balaban J connectivity index is 1.46. The van der Waals surface area contributed by atoms with Gasteiger partial charge in [0.25, 0.3) is 0 Å². The highest BCUT2D eigenvalue weighted by Crippen LogP contribution is 2.28. The highest BCUT2D eigenvalue weighted by molar-refractivity contribution is 6.06. The van der Waals surface area contributed by atoms with Crippen LogP contribution in [0.3, 0.4) is 0 Å². The molecule has 0 saturated carbocycles. The van der Waals surface area contributed by atoms with E-state index in [2.05, 4.69) is 5.32 Å². The third kappa shape index (κ3) is 3.79. The fourth-order valence-corrected chi connectivity index (χ4v) is 3.99. The summed E-state index contributed by atoms with van der Waals surface area (Å²) in [5.74, 6) is -2.96. The number of aromatic nitrogens is 3. The van der Waals surface area contributed by atoms with Crippen LogP contribution < -0.4 is 5.32 Å². The summed E-state index contributed by atoms with van der Waals surface area (Å²) in [6.07, 6.45) is 0.0575. The average Bonchev–Trinajstić information content (AvgIpc) is 3.13. The van der Waals surface area contributed by atoms with Crippen LogP contribution in [0.15, 0.2) is 66.7 Å². The molecule has 0 spiro atoms. The summed E-state index contributed by atoms with van der Waals surface area (Å²) in [6.45, 7) is 0.299. The van der Waals surface area contributed by atoms with E-state index < -0.39 is 17.8 Å². The van der Waals surface area contributed by atoms with Gasteiger partial charge in [0.1, 0.15) is 5.52 Å². The number of aromatic carboxylic acids is 2. The molecule has 2 aromatic heterocycles. The van der Waals surface area contributed by atoms with Crippen LogP contribution in [0.4, 0.5) is 5.69 Å². The van der Waals surface area contributed by atoms with Crippen molar-refractivity contribution < 1.29 is 24.6 Å². The van der Waals surface area contributed by atoms with Gasteiger partial charge in [-0.25, -0.2) is 19.6 Å². The van der Waals surface area contributed by atoms with Crippen molar-refractivity contribution in [3.63, 3.8) is 0 Å². The van der Waals surface area contributed by atoms with Crippen LogP contribution in [-0.4, -0.2) is 42.6 Å². The van der Waals surface area contributed by atoms with Crippen LogP contribution in [0, 0.1) is 0 Å². The second kappa shape index (κ2) is 8.28. The summed E-state index contributed by atoms with van der Waals surface area (Å²) < 4.78 is 1.93. The second-order valence-corrected chi connectivity index (χ2v) is 7.76. The van der Waals surface area contributed by atoms with Gasteiger partial charge in [0.2, 0.25) is 5.91 Å². The first-order valence-electron chi connectivity index (χ1n) is 10.5. The van der Waals surface area contributed by atoms with Crippen LogP contribution in [0.25, 0.3) is 33.1 Å². The molecule has 0 bridgehead atoms. The molecule has 1 amide bonds. The monoisotopic (exact) mass is 454 g/mol.